The molecule has 1 aromatic rings. The molecule has 1 fully saturated rings. The number of hydrogen-bond donors (Lipinski definition) is 1. The highest BCUT2D eigenvalue weighted by Crippen LogP contribution is 2.32. The van der Waals surface area contributed by atoms with Crippen LogP contribution in [0, 0.1) is 0 Å². The first-order chi connectivity index (χ1) is 14.9. The summed E-state index contributed by atoms with van der Waals surface area (Å²) in [6.45, 7) is 3.18. The molecule has 2 aliphatic rings. The van der Waals surface area contributed by atoms with E-state index in [0.29, 0.717) is 12.1 Å². The Labute approximate surface area is 178 Å². The lowest BCUT2D eigenvalue weighted by molar-refractivity contribution is -0.357. The first kappa shape index (κ1) is 24.0. The molecule has 8 nitrogen and oxygen atoms in total. The Morgan fingerprint density at radius 1 is 1.25 bits per heavy atom. The molecule has 0 unspecified atom stereocenters. The van der Waals surface area contributed by atoms with Crippen LogP contribution < -0.4 is 5.32 Å². The van der Waals surface area contributed by atoms with E-state index in [-0.39, 0.29) is 37.6 Å². The summed E-state index contributed by atoms with van der Waals surface area (Å²) in [4.78, 5) is 19.5. The molecule has 0 bridgehead atoms. The number of aliphatic imine (C=N–C) groups is 1. The van der Waals surface area contributed by atoms with Crippen molar-refractivity contribution in [2.24, 2.45) is 4.99 Å². The van der Waals surface area contributed by atoms with E-state index >= 15 is 0 Å². The monoisotopic (exact) mass is 470 g/mol. The minimum Gasteiger partial charge on any atom is -0.461 e. The second-order valence-corrected chi connectivity index (χ2v) is 7.22. The first-order valence-electron chi connectivity index (χ1n) is 9.54. The fraction of sp³-hybridized carbons (Fsp3) is 0.611. The maximum Gasteiger partial charge on any atom is 0.522 e. The topological polar surface area (TPSA) is 87.0 Å². The van der Waals surface area contributed by atoms with Crippen LogP contribution in [0.5, 0.6) is 0 Å². The Kier molecular flexibility index (Phi) is 7.12. The Balaban J connectivity index is 1.32. The molecule has 0 aromatic carbocycles. The minimum absolute atomic E-state index is 0.0608. The maximum absolute atomic E-state index is 12.7. The molecule has 2 heterocycles. The van der Waals surface area contributed by atoms with Crippen molar-refractivity contribution in [2.75, 3.05) is 19.7 Å². The second-order valence-electron chi connectivity index (χ2n) is 7.22. The lowest BCUT2D eigenvalue weighted by atomic mass is 9.92. The molecule has 0 radical (unpaired) electrons. The van der Waals surface area contributed by atoms with Crippen molar-refractivity contribution in [3.63, 3.8) is 0 Å². The van der Waals surface area contributed by atoms with E-state index in [1.165, 1.54) is 17.1 Å². The van der Waals surface area contributed by atoms with Crippen molar-refractivity contribution >= 4 is 17.5 Å². The van der Waals surface area contributed by atoms with Crippen LogP contribution in [-0.4, -0.2) is 71.9 Å². The SMILES string of the molecule is C=C(CCNC(=O)COC1CC(OC(F)(F)F)C1)n1cnc(C2=NC[C@H](C(F)(F)F)O2)c1. The van der Waals surface area contributed by atoms with E-state index in [1.807, 2.05) is 0 Å². The molecule has 14 heteroatoms. The first-order valence-corrected chi connectivity index (χ1v) is 9.54. The predicted octanol–water partition coefficient (Wildman–Crippen LogP) is 2.65. The highest BCUT2D eigenvalue weighted by Gasteiger charge is 2.45. The number of carbonyl (C=O) groups excluding carboxylic acids is 1. The van der Waals surface area contributed by atoms with Gasteiger partial charge in [-0.2, -0.15) is 13.2 Å². The molecular formula is C18H20F6N4O4. The molecular weight excluding hydrogens is 450 g/mol. The van der Waals surface area contributed by atoms with Crippen molar-refractivity contribution in [2.45, 2.75) is 50.1 Å². The standard InChI is InChI=1S/C18H20F6N4O4/c1-10(28-7-13(27-9-28)16-26-6-14(31-16)17(19,20)21)2-3-25-15(29)8-30-11-4-12(5-11)32-18(22,23)24/h7,9,11-12,14H,1-6,8H2,(H,25,29)/t11?,12?,14-/m1/s1. The maximum atomic E-state index is 12.7. The Morgan fingerprint density at radius 2 is 1.97 bits per heavy atom. The van der Waals surface area contributed by atoms with Crippen LogP contribution in [0.15, 0.2) is 24.1 Å². The largest absolute Gasteiger partial charge is 0.522 e. The molecule has 1 aromatic heterocycles. The number of hydrogen-bond acceptors (Lipinski definition) is 6. The van der Waals surface area contributed by atoms with Crippen molar-refractivity contribution in [1.82, 2.24) is 14.9 Å². The second kappa shape index (κ2) is 9.48. The molecule has 1 aliphatic carbocycles. The van der Waals surface area contributed by atoms with Gasteiger partial charge < -0.3 is 19.4 Å². The average molecular weight is 470 g/mol. The number of imidazole rings is 1. The summed E-state index contributed by atoms with van der Waals surface area (Å²) in [5.41, 5.74) is 0.630. The molecule has 3 rings (SSSR count). The Bertz CT molecular complexity index is 860. The van der Waals surface area contributed by atoms with Crippen LogP contribution in [0.2, 0.25) is 0 Å². The fourth-order valence-electron chi connectivity index (χ4n) is 2.95. The number of nitrogens with one attached hydrogen (secondary N) is 1. The predicted molar refractivity (Wildman–Crippen MR) is 97.4 cm³/mol. The minimum atomic E-state index is -4.69. The summed E-state index contributed by atoms with van der Waals surface area (Å²) in [7, 11) is 0. The summed E-state index contributed by atoms with van der Waals surface area (Å²) in [5, 5.41) is 2.58. The van der Waals surface area contributed by atoms with E-state index < -0.39 is 43.3 Å². The van der Waals surface area contributed by atoms with E-state index in [4.69, 9.17) is 9.47 Å². The van der Waals surface area contributed by atoms with Crippen molar-refractivity contribution in [1.29, 1.82) is 0 Å². The molecule has 178 valence electrons. The fourth-order valence-corrected chi connectivity index (χ4v) is 2.95. The third-order valence-corrected chi connectivity index (χ3v) is 4.72. The zero-order valence-corrected chi connectivity index (χ0v) is 16.6. The lowest BCUT2D eigenvalue weighted by Crippen LogP contribution is -2.42. The zero-order chi connectivity index (χ0) is 23.5. The van der Waals surface area contributed by atoms with Gasteiger partial charge in [0.25, 0.3) is 0 Å². The van der Waals surface area contributed by atoms with Crippen molar-refractivity contribution in [3.05, 3.63) is 24.8 Å². The van der Waals surface area contributed by atoms with Crippen LogP contribution in [0.4, 0.5) is 26.3 Å². The Hall–Kier alpha value is -2.61. The molecule has 1 atom stereocenters. The average Bonchev–Trinajstić information content (AvgIpc) is 3.31. The van der Waals surface area contributed by atoms with E-state index in [2.05, 4.69) is 26.6 Å². The highest BCUT2D eigenvalue weighted by molar-refractivity contribution is 5.93. The lowest BCUT2D eigenvalue weighted by Gasteiger charge is -2.34. The number of nitrogens with zero attached hydrogens (tertiary/aromatic N) is 3. The van der Waals surface area contributed by atoms with Crippen LogP contribution in [-0.2, 0) is 19.0 Å². The van der Waals surface area contributed by atoms with Gasteiger partial charge in [-0.3, -0.25) is 9.53 Å². The third kappa shape index (κ3) is 6.69. The van der Waals surface area contributed by atoms with Gasteiger partial charge in [0.05, 0.1) is 25.1 Å². The molecule has 1 N–H and O–H groups in total. The van der Waals surface area contributed by atoms with E-state index in [9.17, 15) is 31.1 Å². The quantitative estimate of drug-likeness (QED) is 0.561. The summed E-state index contributed by atoms with van der Waals surface area (Å²) >= 11 is 0. The molecule has 1 amide bonds. The smallest absolute Gasteiger partial charge is 0.461 e. The number of alkyl halides is 6. The molecule has 32 heavy (non-hydrogen) atoms. The van der Waals surface area contributed by atoms with Gasteiger partial charge in [0.2, 0.25) is 17.9 Å². The molecule has 0 spiro atoms. The highest BCUT2D eigenvalue weighted by atomic mass is 19.4. The number of carbonyl (C=O) groups is 1. The van der Waals surface area contributed by atoms with E-state index in [0.717, 1.165) is 0 Å². The molecule has 0 saturated heterocycles. The van der Waals surface area contributed by atoms with Crippen LogP contribution in [0.25, 0.3) is 5.70 Å². The summed E-state index contributed by atoms with van der Waals surface area (Å²) < 4.78 is 89.4. The van der Waals surface area contributed by atoms with Gasteiger partial charge in [0.1, 0.15) is 12.3 Å². The summed E-state index contributed by atoms with van der Waals surface area (Å²) in [6, 6.07) is 0. The van der Waals surface area contributed by atoms with Crippen molar-refractivity contribution < 1.29 is 45.3 Å². The van der Waals surface area contributed by atoms with Crippen LogP contribution >= 0.6 is 0 Å². The van der Waals surface area contributed by atoms with Gasteiger partial charge in [0, 0.05) is 37.7 Å². The number of ether oxygens (including phenoxy) is 3. The van der Waals surface area contributed by atoms with Gasteiger partial charge in [-0.05, 0) is 0 Å². The molecule has 1 aliphatic heterocycles. The van der Waals surface area contributed by atoms with Crippen LogP contribution in [0.1, 0.15) is 25.0 Å². The number of aromatic nitrogens is 2. The van der Waals surface area contributed by atoms with E-state index in [1.54, 1.807) is 0 Å². The number of halogens is 6. The van der Waals surface area contributed by atoms with Crippen LogP contribution in [0.3, 0.4) is 0 Å². The summed E-state index contributed by atoms with van der Waals surface area (Å²) in [6.07, 6.45) is -9.44. The van der Waals surface area contributed by atoms with Crippen molar-refractivity contribution in [3.8, 4) is 0 Å². The summed E-state index contributed by atoms with van der Waals surface area (Å²) in [5.74, 6) is -0.653. The van der Waals surface area contributed by atoms with Gasteiger partial charge in [-0.15, -0.1) is 13.2 Å². The van der Waals surface area contributed by atoms with Gasteiger partial charge in [-0.1, -0.05) is 6.58 Å². The molecule has 1 saturated carbocycles. The van der Waals surface area contributed by atoms with Gasteiger partial charge in [-0.25, -0.2) is 9.98 Å². The Morgan fingerprint density at radius 3 is 2.59 bits per heavy atom. The number of amides is 1. The normalized spacial score (nSPS) is 23.3. The zero-order valence-electron chi connectivity index (χ0n) is 16.6. The third-order valence-electron chi connectivity index (χ3n) is 4.72. The van der Waals surface area contributed by atoms with Gasteiger partial charge in [0.15, 0.2) is 0 Å². The van der Waals surface area contributed by atoms with Gasteiger partial charge >= 0.3 is 12.5 Å². The number of rotatable bonds is 9.